The lowest BCUT2D eigenvalue weighted by Crippen LogP contribution is -2.37. The third kappa shape index (κ3) is 5.29. The lowest BCUT2D eigenvalue weighted by Gasteiger charge is -2.17. The zero-order chi connectivity index (χ0) is 20.7. The molecule has 0 aromatic heterocycles. The summed E-state index contributed by atoms with van der Waals surface area (Å²) in [6, 6.07) is 13.3. The van der Waals surface area contributed by atoms with Crippen LogP contribution >= 0.6 is 0 Å². The Bertz CT molecular complexity index is 853. The highest BCUT2D eigenvalue weighted by molar-refractivity contribution is 5.95. The minimum atomic E-state index is -1.07. The van der Waals surface area contributed by atoms with Gasteiger partial charge in [0, 0.05) is 18.7 Å². The molecule has 2 aromatic rings. The first-order valence-corrected chi connectivity index (χ1v) is 8.69. The van der Waals surface area contributed by atoms with Crippen LogP contribution < -0.4 is 10.1 Å². The van der Waals surface area contributed by atoms with Crippen LogP contribution in [0.3, 0.4) is 0 Å². The molecule has 0 aliphatic heterocycles. The predicted octanol–water partition coefficient (Wildman–Crippen LogP) is 3.07. The maximum Gasteiger partial charge on any atom is 0.342 e. The Labute approximate surface area is 162 Å². The van der Waals surface area contributed by atoms with Crippen LogP contribution in [0, 0.1) is 10.1 Å². The standard InChI is InChI=1S/C20H22N2O6/c1-13(15-7-5-4-6-8-15)12-21-19(23)14(2)28-20(24)17-11-16(22(25)26)9-10-18(17)27-3/h4-11,13-14H,12H2,1-3H3,(H,21,23)/t13-,14+/m0/s1. The highest BCUT2D eigenvalue weighted by Crippen LogP contribution is 2.25. The third-order valence-electron chi connectivity index (χ3n) is 4.22. The van der Waals surface area contributed by atoms with Crippen molar-refractivity contribution in [3.8, 4) is 5.75 Å². The van der Waals surface area contributed by atoms with Gasteiger partial charge in [-0.15, -0.1) is 0 Å². The molecule has 2 aromatic carbocycles. The average Bonchev–Trinajstić information content (AvgIpc) is 2.71. The Kier molecular flexibility index (Phi) is 7.08. The number of carbonyl (C=O) groups is 2. The topological polar surface area (TPSA) is 108 Å². The molecule has 0 heterocycles. The maximum atomic E-state index is 12.4. The number of hydrogen-bond donors (Lipinski definition) is 1. The summed E-state index contributed by atoms with van der Waals surface area (Å²) in [5.74, 6) is -1.12. The highest BCUT2D eigenvalue weighted by atomic mass is 16.6. The molecule has 0 fully saturated rings. The van der Waals surface area contributed by atoms with Gasteiger partial charge in [-0.25, -0.2) is 4.79 Å². The van der Waals surface area contributed by atoms with Gasteiger partial charge in [0.1, 0.15) is 11.3 Å². The quantitative estimate of drug-likeness (QED) is 0.424. The van der Waals surface area contributed by atoms with E-state index in [1.165, 1.54) is 26.2 Å². The van der Waals surface area contributed by atoms with E-state index in [-0.39, 0.29) is 22.9 Å². The van der Waals surface area contributed by atoms with Crippen LogP contribution in [0.1, 0.15) is 35.7 Å². The number of nitrogens with one attached hydrogen (secondary N) is 1. The molecule has 2 rings (SSSR count). The number of esters is 1. The number of ether oxygens (including phenoxy) is 2. The van der Waals surface area contributed by atoms with Gasteiger partial charge >= 0.3 is 5.97 Å². The molecule has 148 valence electrons. The number of rotatable bonds is 8. The van der Waals surface area contributed by atoms with E-state index in [0.717, 1.165) is 11.6 Å². The zero-order valence-electron chi connectivity index (χ0n) is 15.9. The summed E-state index contributed by atoms with van der Waals surface area (Å²) in [4.78, 5) is 34.9. The second-order valence-corrected chi connectivity index (χ2v) is 6.25. The van der Waals surface area contributed by atoms with E-state index in [9.17, 15) is 19.7 Å². The second kappa shape index (κ2) is 9.50. The molecule has 0 aliphatic rings. The number of methoxy groups -OCH3 is 1. The van der Waals surface area contributed by atoms with Crippen molar-refractivity contribution < 1.29 is 24.0 Å². The fourth-order valence-corrected chi connectivity index (χ4v) is 2.54. The first-order valence-electron chi connectivity index (χ1n) is 8.69. The van der Waals surface area contributed by atoms with Crippen molar-refractivity contribution in [1.29, 1.82) is 0 Å². The van der Waals surface area contributed by atoms with Crippen molar-refractivity contribution in [2.75, 3.05) is 13.7 Å². The SMILES string of the molecule is COc1ccc([N+](=O)[O-])cc1C(=O)O[C@H](C)C(=O)NC[C@H](C)c1ccccc1. The fourth-order valence-electron chi connectivity index (χ4n) is 2.54. The van der Waals surface area contributed by atoms with Crippen molar-refractivity contribution in [3.05, 3.63) is 69.8 Å². The second-order valence-electron chi connectivity index (χ2n) is 6.25. The van der Waals surface area contributed by atoms with Crippen molar-refractivity contribution in [2.24, 2.45) is 0 Å². The summed E-state index contributed by atoms with van der Waals surface area (Å²) >= 11 is 0. The van der Waals surface area contributed by atoms with Gasteiger partial charge in [0.15, 0.2) is 6.10 Å². The van der Waals surface area contributed by atoms with Crippen LogP contribution in [-0.2, 0) is 9.53 Å². The predicted molar refractivity (Wildman–Crippen MR) is 102 cm³/mol. The minimum absolute atomic E-state index is 0.0879. The number of benzene rings is 2. The normalized spacial score (nSPS) is 12.5. The molecule has 0 spiro atoms. The summed E-state index contributed by atoms with van der Waals surface area (Å²) in [7, 11) is 1.33. The molecule has 0 unspecified atom stereocenters. The van der Waals surface area contributed by atoms with Crippen molar-refractivity contribution >= 4 is 17.6 Å². The van der Waals surface area contributed by atoms with Gasteiger partial charge in [-0.05, 0) is 24.5 Å². The molecule has 0 radical (unpaired) electrons. The molecular formula is C20H22N2O6. The Balaban J connectivity index is 1.99. The van der Waals surface area contributed by atoms with Gasteiger partial charge in [-0.3, -0.25) is 14.9 Å². The number of amides is 1. The smallest absolute Gasteiger partial charge is 0.342 e. The first-order chi connectivity index (χ1) is 13.3. The summed E-state index contributed by atoms with van der Waals surface area (Å²) in [5.41, 5.74) is 0.685. The lowest BCUT2D eigenvalue weighted by atomic mass is 10.0. The van der Waals surface area contributed by atoms with Gasteiger partial charge in [-0.2, -0.15) is 0 Å². The van der Waals surface area contributed by atoms with E-state index in [1.807, 2.05) is 37.3 Å². The Morgan fingerprint density at radius 1 is 1.14 bits per heavy atom. The number of carbonyl (C=O) groups excluding carboxylic acids is 2. The third-order valence-corrected chi connectivity index (χ3v) is 4.22. The van der Waals surface area contributed by atoms with Crippen molar-refractivity contribution in [3.63, 3.8) is 0 Å². The van der Waals surface area contributed by atoms with E-state index < -0.39 is 22.9 Å². The number of nitrogens with zero attached hydrogens (tertiary/aromatic N) is 1. The maximum absolute atomic E-state index is 12.4. The van der Waals surface area contributed by atoms with Gasteiger partial charge in [0.25, 0.3) is 11.6 Å². The van der Waals surface area contributed by atoms with E-state index in [1.54, 1.807) is 0 Å². The van der Waals surface area contributed by atoms with E-state index in [2.05, 4.69) is 5.32 Å². The van der Waals surface area contributed by atoms with Crippen LogP contribution in [0.15, 0.2) is 48.5 Å². The average molecular weight is 386 g/mol. The monoisotopic (exact) mass is 386 g/mol. The molecule has 8 nitrogen and oxygen atoms in total. The molecule has 0 saturated carbocycles. The lowest BCUT2D eigenvalue weighted by molar-refractivity contribution is -0.384. The highest BCUT2D eigenvalue weighted by Gasteiger charge is 2.23. The number of nitro benzene ring substituents is 1. The Morgan fingerprint density at radius 2 is 1.82 bits per heavy atom. The molecule has 1 amide bonds. The van der Waals surface area contributed by atoms with Gasteiger partial charge < -0.3 is 14.8 Å². The minimum Gasteiger partial charge on any atom is -0.496 e. The fraction of sp³-hybridized carbons (Fsp3) is 0.300. The van der Waals surface area contributed by atoms with Gasteiger partial charge in [-0.1, -0.05) is 37.3 Å². The molecule has 0 aliphatic carbocycles. The molecule has 28 heavy (non-hydrogen) atoms. The summed E-state index contributed by atoms with van der Waals surface area (Å²) in [6.07, 6.45) is -1.07. The first kappa shape index (κ1) is 20.9. The molecule has 1 N–H and O–H groups in total. The van der Waals surface area contributed by atoms with Gasteiger partial charge in [0.05, 0.1) is 12.0 Å². The molecule has 0 bridgehead atoms. The largest absolute Gasteiger partial charge is 0.496 e. The zero-order valence-corrected chi connectivity index (χ0v) is 15.9. The summed E-state index contributed by atoms with van der Waals surface area (Å²) < 4.78 is 10.2. The summed E-state index contributed by atoms with van der Waals surface area (Å²) in [5, 5.41) is 13.7. The molecular weight excluding hydrogens is 364 g/mol. The number of hydrogen-bond acceptors (Lipinski definition) is 6. The van der Waals surface area contributed by atoms with Crippen molar-refractivity contribution in [1.82, 2.24) is 5.32 Å². The van der Waals surface area contributed by atoms with Crippen LogP contribution in [0.25, 0.3) is 0 Å². The van der Waals surface area contributed by atoms with Crippen LogP contribution in [0.2, 0.25) is 0 Å². The number of non-ortho nitro benzene ring substituents is 1. The van der Waals surface area contributed by atoms with Gasteiger partial charge in [0.2, 0.25) is 0 Å². The Hall–Kier alpha value is -3.42. The Morgan fingerprint density at radius 3 is 2.43 bits per heavy atom. The molecule has 2 atom stereocenters. The molecule has 0 saturated heterocycles. The van der Waals surface area contributed by atoms with E-state index in [0.29, 0.717) is 6.54 Å². The van der Waals surface area contributed by atoms with Crippen LogP contribution in [0.5, 0.6) is 5.75 Å². The van der Waals surface area contributed by atoms with Crippen LogP contribution in [-0.4, -0.2) is 36.6 Å². The molecule has 8 heteroatoms. The van der Waals surface area contributed by atoms with Crippen LogP contribution in [0.4, 0.5) is 5.69 Å². The van der Waals surface area contributed by atoms with Crippen molar-refractivity contribution in [2.45, 2.75) is 25.9 Å². The number of nitro groups is 1. The van der Waals surface area contributed by atoms with E-state index >= 15 is 0 Å². The summed E-state index contributed by atoms with van der Waals surface area (Å²) in [6.45, 7) is 3.79. The van der Waals surface area contributed by atoms with E-state index in [4.69, 9.17) is 9.47 Å².